The average Bonchev–Trinajstić information content (AvgIpc) is 3.09. The number of benzene rings is 1. The molecule has 4 rings (SSSR count). The van der Waals surface area contributed by atoms with Gasteiger partial charge >= 0.3 is 0 Å². The Morgan fingerprint density at radius 3 is 2.43 bits per heavy atom. The van der Waals surface area contributed by atoms with Crippen LogP contribution >= 0.6 is 23.2 Å². The Morgan fingerprint density at radius 1 is 1.14 bits per heavy atom. The summed E-state index contributed by atoms with van der Waals surface area (Å²) in [6, 6.07) is 8.61. The predicted molar refractivity (Wildman–Crippen MR) is 137 cm³/mol. The van der Waals surface area contributed by atoms with Crippen molar-refractivity contribution in [2.75, 3.05) is 37.2 Å². The quantitative estimate of drug-likeness (QED) is 0.498. The number of anilines is 1. The smallest absolute Gasteiger partial charge is 0.254 e. The number of amides is 1. The molecule has 0 bridgehead atoms. The molecule has 1 aliphatic rings. The molecule has 1 fully saturated rings. The van der Waals surface area contributed by atoms with Crippen LogP contribution in [0.5, 0.6) is 0 Å². The van der Waals surface area contributed by atoms with E-state index in [1.807, 2.05) is 10.5 Å². The van der Waals surface area contributed by atoms with Gasteiger partial charge in [0.05, 0.1) is 28.4 Å². The number of halogens is 2. The van der Waals surface area contributed by atoms with Crippen molar-refractivity contribution in [1.29, 1.82) is 0 Å². The van der Waals surface area contributed by atoms with Crippen LogP contribution in [0, 0.1) is 0 Å². The normalized spacial score (nSPS) is 15.5. The Morgan fingerprint density at radius 2 is 1.83 bits per heavy atom. The number of fused-ring (bicyclic) bond motifs is 1. The van der Waals surface area contributed by atoms with Crippen molar-refractivity contribution >= 4 is 50.5 Å². The van der Waals surface area contributed by atoms with Gasteiger partial charge in [-0.25, -0.2) is 13.4 Å². The fourth-order valence-electron chi connectivity index (χ4n) is 4.12. The fraction of sp³-hybridized carbons (Fsp3) is 0.391. The maximum atomic E-state index is 12.4. The van der Waals surface area contributed by atoms with Crippen molar-refractivity contribution in [3.8, 4) is 11.3 Å². The molecule has 1 amide bonds. The van der Waals surface area contributed by atoms with Crippen LogP contribution < -0.4 is 4.72 Å². The topological polar surface area (TPSA) is 107 Å². The largest absolute Gasteiger partial charge is 0.381 e. The third kappa shape index (κ3) is 5.90. The Bertz CT molecular complexity index is 1380. The maximum Gasteiger partial charge on any atom is 0.254 e. The van der Waals surface area contributed by atoms with Crippen LogP contribution in [0.2, 0.25) is 10.0 Å². The van der Waals surface area contributed by atoms with E-state index in [9.17, 15) is 18.3 Å². The minimum Gasteiger partial charge on any atom is -0.381 e. The van der Waals surface area contributed by atoms with Crippen LogP contribution in [0.3, 0.4) is 0 Å². The summed E-state index contributed by atoms with van der Waals surface area (Å²) in [5.74, 6) is -0.294. The molecular formula is C23H27Cl2N5O4S. The zero-order chi connectivity index (χ0) is 25.5. The lowest BCUT2D eigenvalue weighted by molar-refractivity contribution is -0.149. The van der Waals surface area contributed by atoms with E-state index < -0.39 is 15.6 Å². The summed E-state index contributed by atoms with van der Waals surface area (Å²) in [4.78, 5) is 21.1. The van der Waals surface area contributed by atoms with E-state index in [0.717, 1.165) is 11.9 Å². The van der Waals surface area contributed by atoms with E-state index in [1.54, 1.807) is 35.4 Å². The number of imidazole rings is 1. The first-order valence-electron chi connectivity index (χ1n) is 11.0. The van der Waals surface area contributed by atoms with Gasteiger partial charge in [-0.3, -0.25) is 18.8 Å². The van der Waals surface area contributed by atoms with Gasteiger partial charge in [-0.15, -0.1) is 0 Å². The monoisotopic (exact) mass is 539 g/mol. The predicted octanol–water partition coefficient (Wildman–Crippen LogP) is 3.09. The van der Waals surface area contributed by atoms with Crippen LogP contribution in [-0.2, 0) is 21.4 Å². The van der Waals surface area contributed by atoms with Gasteiger partial charge in [0.2, 0.25) is 10.0 Å². The van der Waals surface area contributed by atoms with Gasteiger partial charge in [0.15, 0.2) is 0 Å². The Labute approximate surface area is 214 Å². The molecular weight excluding hydrogens is 513 g/mol. The molecule has 0 radical (unpaired) electrons. The van der Waals surface area contributed by atoms with Crippen LogP contribution in [-0.4, -0.2) is 76.7 Å². The zero-order valence-electron chi connectivity index (χ0n) is 19.6. The SMILES string of the molecule is CC(C)(O)C(=O)N1CCN(Cc2c(-c3ccc(Cl)cc3Cl)nc3ccc(NS(C)(=O)=O)cn23)CC1. The fourth-order valence-corrected chi connectivity index (χ4v) is 5.17. The minimum absolute atomic E-state index is 0.294. The molecule has 0 saturated carbocycles. The first kappa shape index (κ1) is 25.7. The summed E-state index contributed by atoms with van der Waals surface area (Å²) >= 11 is 12.6. The van der Waals surface area contributed by atoms with E-state index in [0.29, 0.717) is 65.4 Å². The molecule has 1 aromatic carbocycles. The summed E-state index contributed by atoms with van der Waals surface area (Å²) in [7, 11) is -3.46. The molecule has 2 aromatic heterocycles. The highest BCUT2D eigenvalue weighted by Crippen LogP contribution is 2.34. The molecule has 0 unspecified atom stereocenters. The van der Waals surface area contributed by atoms with Gasteiger partial charge in [0, 0.05) is 49.5 Å². The standard InChI is InChI=1S/C23H27Cl2N5O4S/c1-23(2,32)22(31)29-10-8-28(9-11-29)14-19-21(17-6-4-15(24)12-18(17)25)26-20-7-5-16(13-30(19)20)27-35(3,33)34/h4-7,12-13,27,32H,8-11,14H2,1-3H3. The molecule has 188 valence electrons. The van der Waals surface area contributed by atoms with E-state index in [1.165, 1.54) is 13.8 Å². The van der Waals surface area contributed by atoms with Crippen molar-refractivity contribution in [1.82, 2.24) is 19.2 Å². The number of piperazine rings is 1. The van der Waals surface area contributed by atoms with E-state index in [4.69, 9.17) is 28.2 Å². The lowest BCUT2D eigenvalue weighted by Gasteiger charge is -2.37. The average molecular weight is 540 g/mol. The highest BCUT2D eigenvalue weighted by molar-refractivity contribution is 7.92. The van der Waals surface area contributed by atoms with Gasteiger partial charge in [-0.05, 0) is 44.2 Å². The molecule has 3 aromatic rings. The zero-order valence-corrected chi connectivity index (χ0v) is 22.0. The number of hydrogen-bond acceptors (Lipinski definition) is 6. The van der Waals surface area contributed by atoms with Gasteiger partial charge in [-0.2, -0.15) is 0 Å². The van der Waals surface area contributed by atoms with Gasteiger partial charge in [0.25, 0.3) is 5.91 Å². The van der Waals surface area contributed by atoms with E-state index >= 15 is 0 Å². The first-order chi connectivity index (χ1) is 16.3. The number of nitrogens with zero attached hydrogens (tertiary/aromatic N) is 4. The minimum atomic E-state index is -3.46. The number of carbonyl (C=O) groups excluding carboxylic acids is 1. The van der Waals surface area contributed by atoms with Crippen molar-refractivity contribution in [3.63, 3.8) is 0 Å². The molecule has 0 spiro atoms. The second-order valence-electron chi connectivity index (χ2n) is 9.18. The number of aromatic nitrogens is 2. The van der Waals surface area contributed by atoms with Crippen molar-refractivity contribution in [3.05, 3.63) is 52.3 Å². The lowest BCUT2D eigenvalue weighted by Crippen LogP contribution is -2.53. The molecule has 3 heterocycles. The third-order valence-corrected chi connectivity index (χ3v) is 6.92. The number of nitrogens with one attached hydrogen (secondary N) is 1. The molecule has 0 aliphatic carbocycles. The molecule has 2 N–H and O–H groups in total. The molecule has 9 nitrogen and oxygen atoms in total. The third-order valence-electron chi connectivity index (χ3n) is 5.76. The van der Waals surface area contributed by atoms with Crippen molar-refractivity contribution < 1.29 is 18.3 Å². The number of carbonyl (C=O) groups is 1. The summed E-state index contributed by atoms with van der Waals surface area (Å²) in [6.07, 6.45) is 2.79. The van der Waals surface area contributed by atoms with E-state index in [-0.39, 0.29) is 5.91 Å². The second kappa shape index (κ2) is 9.59. The number of sulfonamides is 1. The number of rotatable bonds is 6. The molecule has 0 atom stereocenters. The van der Waals surface area contributed by atoms with Crippen molar-refractivity contribution in [2.24, 2.45) is 0 Å². The number of aliphatic hydroxyl groups is 1. The molecule has 1 aliphatic heterocycles. The highest BCUT2D eigenvalue weighted by atomic mass is 35.5. The Balaban J connectivity index is 1.70. The van der Waals surface area contributed by atoms with Crippen molar-refractivity contribution in [2.45, 2.75) is 26.0 Å². The van der Waals surface area contributed by atoms with Gasteiger partial charge in [-0.1, -0.05) is 23.2 Å². The number of pyridine rings is 1. The Hall–Kier alpha value is -2.37. The van der Waals surface area contributed by atoms with Crippen LogP contribution in [0.15, 0.2) is 36.5 Å². The summed E-state index contributed by atoms with van der Waals surface area (Å²) < 4.78 is 27.9. The second-order valence-corrected chi connectivity index (χ2v) is 11.8. The molecule has 12 heteroatoms. The van der Waals surface area contributed by atoms with Crippen LogP contribution in [0.1, 0.15) is 19.5 Å². The van der Waals surface area contributed by atoms with Gasteiger partial charge in [0.1, 0.15) is 11.2 Å². The molecule has 1 saturated heterocycles. The summed E-state index contributed by atoms with van der Waals surface area (Å²) in [6.45, 7) is 5.64. The highest BCUT2D eigenvalue weighted by Gasteiger charge is 2.32. The number of hydrogen-bond donors (Lipinski definition) is 2. The van der Waals surface area contributed by atoms with Crippen LogP contribution in [0.4, 0.5) is 5.69 Å². The first-order valence-corrected chi connectivity index (χ1v) is 13.6. The van der Waals surface area contributed by atoms with Crippen LogP contribution in [0.25, 0.3) is 16.9 Å². The Kier molecular flexibility index (Phi) is 7.05. The lowest BCUT2D eigenvalue weighted by atomic mass is 10.1. The van der Waals surface area contributed by atoms with E-state index in [2.05, 4.69) is 9.62 Å². The maximum absolute atomic E-state index is 12.4. The summed E-state index contributed by atoms with van der Waals surface area (Å²) in [5.41, 5.74) is 1.83. The summed E-state index contributed by atoms with van der Waals surface area (Å²) in [5, 5.41) is 11.0. The molecule has 35 heavy (non-hydrogen) atoms. The van der Waals surface area contributed by atoms with Gasteiger partial charge < -0.3 is 10.0 Å².